The van der Waals surface area contributed by atoms with Gasteiger partial charge in [-0.25, -0.2) is 31.9 Å². The molecule has 0 aliphatic carbocycles. The van der Waals surface area contributed by atoms with Crippen LogP contribution in [0.1, 0.15) is 10.5 Å². The van der Waals surface area contributed by atoms with Crippen LogP contribution in [0.2, 0.25) is 0 Å². The quantitative estimate of drug-likeness (QED) is 0.527. The fourth-order valence-electron chi connectivity index (χ4n) is 2.08. The third-order valence-electron chi connectivity index (χ3n) is 3.38. The maximum absolute atomic E-state index is 13.7. The summed E-state index contributed by atoms with van der Waals surface area (Å²) in [5, 5.41) is 4.69. The fraction of sp³-hybridized carbons (Fsp3) is 0. The number of rotatable bonds is 4. The van der Waals surface area contributed by atoms with Crippen molar-refractivity contribution in [2.75, 3.05) is 10.6 Å². The van der Waals surface area contributed by atoms with Gasteiger partial charge in [0.2, 0.25) is 0 Å². The first-order valence-electron chi connectivity index (χ1n) is 7.34. The molecule has 0 fully saturated rings. The number of benzene rings is 2. The standard InChI is InChI=1S/C17H9F5N4O/c18-9-2-1-8(5-11(9)20)25-17(27)13-6-14(24-7-23-13)26-12-4-3-10(19)15(21)16(12)22/h1-7H,(H,25,27)(H,23,24,26). The van der Waals surface area contributed by atoms with Crippen LogP contribution in [0, 0.1) is 29.1 Å². The van der Waals surface area contributed by atoms with Crippen LogP contribution in [0.5, 0.6) is 0 Å². The van der Waals surface area contributed by atoms with Crippen molar-refractivity contribution in [2.45, 2.75) is 0 Å². The number of carbonyl (C=O) groups is 1. The molecular weight excluding hydrogens is 371 g/mol. The topological polar surface area (TPSA) is 66.9 Å². The molecule has 0 aliphatic rings. The van der Waals surface area contributed by atoms with Crippen molar-refractivity contribution in [3.8, 4) is 0 Å². The third-order valence-corrected chi connectivity index (χ3v) is 3.38. The van der Waals surface area contributed by atoms with Crippen LogP contribution in [0.25, 0.3) is 0 Å². The fourth-order valence-corrected chi connectivity index (χ4v) is 2.08. The largest absolute Gasteiger partial charge is 0.338 e. The van der Waals surface area contributed by atoms with E-state index in [0.717, 1.165) is 42.7 Å². The summed E-state index contributed by atoms with van der Waals surface area (Å²) in [6.45, 7) is 0. The molecule has 0 aliphatic heterocycles. The van der Waals surface area contributed by atoms with Gasteiger partial charge in [-0.05, 0) is 24.3 Å². The van der Waals surface area contributed by atoms with Gasteiger partial charge < -0.3 is 10.6 Å². The molecule has 27 heavy (non-hydrogen) atoms. The number of halogens is 5. The van der Waals surface area contributed by atoms with Gasteiger partial charge in [-0.3, -0.25) is 4.79 Å². The molecule has 138 valence electrons. The van der Waals surface area contributed by atoms with Crippen molar-refractivity contribution in [2.24, 2.45) is 0 Å². The molecule has 0 spiro atoms. The second-order valence-electron chi connectivity index (χ2n) is 5.22. The van der Waals surface area contributed by atoms with Crippen LogP contribution in [0.15, 0.2) is 42.7 Å². The van der Waals surface area contributed by atoms with E-state index in [9.17, 15) is 26.7 Å². The first-order chi connectivity index (χ1) is 12.8. The molecular formula is C17H9F5N4O. The second kappa shape index (κ2) is 7.36. The molecule has 10 heteroatoms. The number of amides is 1. The number of nitrogens with zero attached hydrogens (tertiary/aromatic N) is 2. The Labute approximate surface area is 148 Å². The second-order valence-corrected chi connectivity index (χ2v) is 5.22. The Bertz CT molecular complexity index is 1030. The molecule has 5 nitrogen and oxygen atoms in total. The monoisotopic (exact) mass is 380 g/mol. The minimum absolute atomic E-state index is 0.0151. The van der Waals surface area contributed by atoms with Crippen LogP contribution in [-0.4, -0.2) is 15.9 Å². The average Bonchev–Trinajstić information content (AvgIpc) is 2.65. The zero-order chi connectivity index (χ0) is 19.6. The molecule has 0 unspecified atom stereocenters. The van der Waals surface area contributed by atoms with Crippen molar-refractivity contribution in [1.29, 1.82) is 0 Å². The van der Waals surface area contributed by atoms with E-state index < -0.39 is 40.7 Å². The van der Waals surface area contributed by atoms with Gasteiger partial charge in [0.05, 0.1) is 5.69 Å². The summed E-state index contributed by atoms with van der Waals surface area (Å²) in [6.07, 6.45) is 0.972. The number of anilines is 3. The van der Waals surface area contributed by atoms with Crippen LogP contribution in [0.3, 0.4) is 0 Å². The first-order valence-corrected chi connectivity index (χ1v) is 7.34. The molecule has 0 saturated heterocycles. The molecule has 0 atom stereocenters. The highest BCUT2D eigenvalue weighted by Crippen LogP contribution is 2.23. The van der Waals surface area contributed by atoms with Gasteiger partial charge in [0.15, 0.2) is 29.1 Å². The van der Waals surface area contributed by atoms with E-state index in [0.29, 0.717) is 0 Å². The molecule has 1 aromatic heterocycles. The molecule has 3 aromatic rings. The van der Waals surface area contributed by atoms with E-state index >= 15 is 0 Å². The highest BCUT2D eigenvalue weighted by atomic mass is 19.2. The Balaban J connectivity index is 1.80. The van der Waals surface area contributed by atoms with Crippen molar-refractivity contribution in [3.05, 3.63) is 77.5 Å². The summed E-state index contributed by atoms with van der Waals surface area (Å²) in [7, 11) is 0. The van der Waals surface area contributed by atoms with Gasteiger partial charge in [0, 0.05) is 17.8 Å². The van der Waals surface area contributed by atoms with Gasteiger partial charge in [0.25, 0.3) is 5.91 Å². The van der Waals surface area contributed by atoms with Crippen LogP contribution < -0.4 is 10.6 Å². The van der Waals surface area contributed by atoms with E-state index in [-0.39, 0.29) is 17.2 Å². The number of nitrogens with one attached hydrogen (secondary N) is 2. The third kappa shape index (κ3) is 4.00. The summed E-state index contributed by atoms with van der Waals surface area (Å²) < 4.78 is 66.0. The van der Waals surface area contributed by atoms with Gasteiger partial charge >= 0.3 is 0 Å². The van der Waals surface area contributed by atoms with E-state index in [2.05, 4.69) is 20.6 Å². The zero-order valence-electron chi connectivity index (χ0n) is 13.2. The summed E-state index contributed by atoms with van der Waals surface area (Å²) in [5.41, 5.74) is -0.613. The summed E-state index contributed by atoms with van der Waals surface area (Å²) >= 11 is 0. The molecule has 1 amide bonds. The maximum atomic E-state index is 13.7. The van der Waals surface area contributed by atoms with Gasteiger partial charge in [-0.1, -0.05) is 0 Å². The smallest absolute Gasteiger partial charge is 0.274 e. The molecule has 0 bridgehead atoms. The maximum Gasteiger partial charge on any atom is 0.274 e. The van der Waals surface area contributed by atoms with E-state index in [4.69, 9.17) is 0 Å². The summed E-state index contributed by atoms with van der Waals surface area (Å²) in [4.78, 5) is 19.6. The van der Waals surface area contributed by atoms with Crippen molar-refractivity contribution in [3.63, 3.8) is 0 Å². The molecule has 2 N–H and O–H groups in total. The van der Waals surface area contributed by atoms with Crippen molar-refractivity contribution >= 4 is 23.1 Å². The van der Waals surface area contributed by atoms with Crippen LogP contribution in [0.4, 0.5) is 39.1 Å². The Morgan fingerprint density at radius 2 is 1.56 bits per heavy atom. The van der Waals surface area contributed by atoms with E-state index in [1.165, 1.54) is 0 Å². The highest BCUT2D eigenvalue weighted by Gasteiger charge is 2.15. The Morgan fingerprint density at radius 3 is 2.30 bits per heavy atom. The lowest BCUT2D eigenvalue weighted by atomic mass is 10.2. The van der Waals surface area contributed by atoms with Crippen molar-refractivity contribution in [1.82, 2.24) is 9.97 Å². The van der Waals surface area contributed by atoms with Crippen LogP contribution in [-0.2, 0) is 0 Å². The number of carbonyl (C=O) groups excluding carboxylic acids is 1. The molecule has 1 heterocycles. The lowest BCUT2D eigenvalue weighted by molar-refractivity contribution is 0.102. The predicted molar refractivity (Wildman–Crippen MR) is 85.9 cm³/mol. The Kier molecular flexibility index (Phi) is 4.97. The molecule has 3 rings (SSSR count). The minimum Gasteiger partial charge on any atom is -0.338 e. The SMILES string of the molecule is O=C(Nc1ccc(F)c(F)c1)c1cc(Nc2ccc(F)c(F)c2F)ncn1. The Morgan fingerprint density at radius 1 is 0.815 bits per heavy atom. The van der Waals surface area contributed by atoms with E-state index in [1.54, 1.807) is 0 Å². The average molecular weight is 380 g/mol. The van der Waals surface area contributed by atoms with Gasteiger partial charge in [0.1, 0.15) is 17.8 Å². The lowest BCUT2D eigenvalue weighted by Crippen LogP contribution is -2.14. The van der Waals surface area contributed by atoms with E-state index in [1.807, 2.05) is 0 Å². The summed E-state index contributed by atoms with van der Waals surface area (Å²) in [6, 6.07) is 5.55. The Hall–Kier alpha value is -3.56. The summed E-state index contributed by atoms with van der Waals surface area (Å²) in [5.74, 6) is -7.55. The van der Waals surface area contributed by atoms with Crippen molar-refractivity contribution < 1.29 is 26.7 Å². The van der Waals surface area contributed by atoms with Gasteiger partial charge in [-0.15, -0.1) is 0 Å². The van der Waals surface area contributed by atoms with Gasteiger partial charge in [-0.2, -0.15) is 0 Å². The first kappa shape index (κ1) is 18.2. The molecule has 0 radical (unpaired) electrons. The minimum atomic E-state index is -1.66. The number of aromatic nitrogens is 2. The number of hydrogen-bond donors (Lipinski definition) is 2. The highest BCUT2D eigenvalue weighted by molar-refractivity contribution is 6.03. The normalized spacial score (nSPS) is 10.6. The molecule has 2 aromatic carbocycles. The molecule has 0 saturated carbocycles. The number of hydrogen-bond acceptors (Lipinski definition) is 4. The lowest BCUT2D eigenvalue weighted by Gasteiger charge is -2.09. The van der Waals surface area contributed by atoms with Crippen LogP contribution >= 0.6 is 0 Å². The predicted octanol–water partition coefficient (Wildman–Crippen LogP) is 4.17. The zero-order valence-corrected chi connectivity index (χ0v) is 13.2.